The van der Waals surface area contributed by atoms with Gasteiger partial charge >= 0.3 is 0 Å². The molecule has 4 rings (SSSR count). The second-order valence-electron chi connectivity index (χ2n) is 7.71. The van der Waals surface area contributed by atoms with Gasteiger partial charge in [0.2, 0.25) is 11.7 Å². The molecule has 0 aromatic carbocycles. The van der Waals surface area contributed by atoms with Gasteiger partial charge in [-0.15, -0.1) is 10.2 Å². The number of amides is 2. The molecule has 2 aliphatic rings. The van der Waals surface area contributed by atoms with Crippen molar-refractivity contribution in [1.82, 2.24) is 39.7 Å². The predicted octanol–water partition coefficient (Wildman–Crippen LogP) is -0.409. The number of carbonyl (C=O) groups is 2. The summed E-state index contributed by atoms with van der Waals surface area (Å²) in [5, 5.41) is 15.6. The third kappa shape index (κ3) is 3.51. The van der Waals surface area contributed by atoms with Gasteiger partial charge in [-0.3, -0.25) is 19.2 Å². The first-order valence-corrected chi connectivity index (χ1v) is 9.66. The molecule has 28 heavy (non-hydrogen) atoms. The summed E-state index contributed by atoms with van der Waals surface area (Å²) in [6, 6.07) is 1.86. The van der Waals surface area contributed by atoms with Gasteiger partial charge in [0.1, 0.15) is 0 Å². The molecule has 1 N–H and O–H groups in total. The van der Waals surface area contributed by atoms with Crippen molar-refractivity contribution >= 4 is 11.8 Å². The molecule has 150 valence electrons. The highest BCUT2D eigenvalue weighted by Gasteiger charge is 2.38. The van der Waals surface area contributed by atoms with Crippen molar-refractivity contribution < 1.29 is 9.59 Å². The number of carbonyl (C=O) groups excluding carboxylic acids is 2. The molecule has 1 atom stereocenters. The lowest BCUT2D eigenvalue weighted by Gasteiger charge is -2.43. The summed E-state index contributed by atoms with van der Waals surface area (Å²) in [5.41, 5.74) is 0.773. The molecule has 0 saturated carbocycles. The van der Waals surface area contributed by atoms with Crippen molar-refractivity contribution in [3.63, 3.8) is 0 Å². The monoisotopic (exact) mass is 386 g/mol. The van der Waals surface area contributed by atoms with E-state index in [-0.39, 0.29) is 23.9 Å². The number of hydrogen-bond donors (Lipinski definition) is 1. The lowest BCUT2D eigenvalue weighted by Crippen LogP contribution is -2.54. The van der Waals surface area contributed by atoms with Crippen LogP contribution < -0.4 is 5.32 Å². The standard InChI is InChI=1S/C18H26N8O2/c1-12(2)19-18(28)17-21-20-16-14-11-25(7-6-24(14)8-9-26(16)17)15(27)10-13-4-5-23(3)22-13/h4-5,12,14H,6-11H2,1-3H3,(H,19,28). The van der Waals surface area contributed by atoms with Gasteiger partial charge in [0.05, 0.1) is 18.2 Å². The van der Waals surface area contributed by atoms with E-state index in [1.165, 1.54) is 0 Å². The number of piperazine rings is 1. The molecule has 0 bridgehead atoms. The number of aromatic nitrogens is 5. The number of fused-ring (bicyclic) bond motifs is 3. The quantitative estimate of drug-likeness (QED) is 0.767. The lowest BCUT2D eigenvalue weighted by atomic mass is 10.1. The highest BCUT2D eigenvalue weighted by atomic mass is 16.2. The number of hydrogen-bond acceptors (Lipinski definition) is 6. The number of aryl methyl sites for hydroxylation is 1. The van der Waals surface area contributed by atoms with Crippen LogP contribution in [0, 0.1) is 0 Å². The molecule has 10 heteroatoms. The van der Waals surface area contributed by atoms with Crippen LogP contribution in [-0.4, -0.2) is 78.4 Å². The summed E-state index contributed by atoms with van der Waals surface area (Å²) in [4.78, 5) is 29.3. The topological polar surface area (TPSA) is 101 Å². The molecule has 2 aromatic rings. The van der Waals surface area contributed by atoms with Crippen LogP contribution in [0.4, 0.5) is 0 Å². The fraction of sp³-hybridized carbons (Fsp3) is 0.611. The van der Waals surface area contributed by atoms with Crippen molar-refractivity contribution in [2.45, 2.75) is 38.9 Å². The van der Waals surface area contributed by atoms with Crippen LogP contribution in [-0.2, 0) is 24.8 Å². The third-order valence-electron chi connectivity index (χ3n) is 5.26. The number of rotatable bonds is 4. The van der Waals surface area contributed by atoms with E-state index in [2.05, 4.69) is 25.5 Å². The third-order valence-corrected chi connectivity index (χ3v) is 5.26. The Kier molecular flexibility index (Phi) is 4.88. The smallest absolute Gasteiger partial charge is 0.289 e. The molecule has 1 unspecified atom stereocenters. The van der Waals surface area contributed by atoms with Gasteiger partial charge < -0.3 is 14.8 Å². The van der Waals surface area contributed by atoms with Crippen molar-refractivity contribution in [3.05, 3.63) is 29.6 Å². The molecule has 4 heterocycles. The van der Waals surface area contributed by atoms with E-state index in [1.54, 1.807) is 4.68 Å². The number of nitrogens with zero attached hydrogens (tertiary/aromatic N) is 7. The molecule has 1 fully saturated rings. The minimum Gasteiger partial charge on any atom is -0.347 e. The van der Waals surface area contributed by atoms with E-state index in [0.717, 1.165) is 24.6 Å². The summed E-state index contributed by atoms with van der Waals surface area (Å²) < 4.78 is 3.60. The van der Waals surface area contributed by atoms with Gasteiger partial charge in [-0.25, -0.2) is 0 Å². The molecular weight excluding hydrogens is 360 g/mol. The van der Waals surface area contributed by atoms with E-state index >= 15 is 0 Å². The van der Waals surface area contributed by atoms with Crippen LogP contribution in [0.1, 0.15) is 42.0 Å². The predicted molar refractivity (Wildman–Crippen MR) is 100 cm³/mol. The summed E-state index contributed by atoms with van der Waals surface area (Å²) in [6.45, 7) is 7.37. The maximum absolute atomic E-state index is 12.7. The normalized spacial score (nSPS) is 19.4. The zero-order chi connectivity index (χ0) is 19.8. The minimum absolute atomic E-state index is 0.0370. The van der Waals surface area contributed by atoms with E-state index in [4.69, 9.17) is 0 Å². The van der Waals surface area contributed by atoms with Gasteiger partial charge in [-0.05, 0) is 19.9 Å². The molecule has 0 aliphatic carbocycles. The van der Waals surface area contributed by atoms with Crippen molar-refractivity contribution in [1.29, 1.82) is 0 Å². The summed E-state index contributed by atoms with van der Waals surface area (Å²) in [5.74, 6) is 0.963. The van der Waals surface area contributed by atoms with Gasteiger partial charge in [-0.2, -0.15) is 5.10 Å². The summed E-state index contributed by atoms with van der Waals surface area (Å²) >= 11 is 0. The van der Waals surface area contributed by atoms with Crippen molar-refractivity contribution in [2.24, 2.45) is 7.05 Å². The van der Waals surface area contributed by atoms with Crippen LogP contribution in [0.5, 0.6) is 0 Å². The molecular formula is C18H26N8O2. The summed E-state index contributed by atoms with van der Waals surface area (Å²) in [7, 11) is 1.84. The first kappa shape index (κ1) is 18.6. The van der Waals surface area contributed by atoms with Gasteiger partial charge in [0.25, 0.3) is 5.91 Å². The zero-order valence-corrected chi connectivity index (χ0v) is 16.5. The lowest BCUT2D eigenvalue weighted by molar-refractivity contribution is -0.134. The second kappa shape index (κ2) is 7.34. The van der Waals surface area contributed by atoms with E-state index < -0.39 is 0 Å². The average Bonchev–Trinajstić information content (AvgIpc) is 3.26. The van der Waals surface area contributed by atoms with Crippen LogP contribution in [0.3, 0.4) is 0 Å². The fourth-order valence-corrected chi connectivity index (χ4v) is 3.89. The van der Waals surface area contributed by atoms with Crippen LogP contribution >= 0.6 is 0 Å². The molecule has 2 aliphatic heterocycles. The van der Waals surface area contributed by atoms with E-state index in [0.29, 0.717) is 31.9 Å². The Morgan fingerprint density at radius 3 is 2.71 bits per heavy atom. The van der Waals surface area contributed by atoms with Crippen LogP contribution in [0.2, 0.25) is 0 Å². The largest absolute Gasteiger partial charge is 0.347 e. The minimum atomic E-state index is -0.207. The second-order valence-corrected chi connectivity index (χ2v) is 7.71. The van der Waals surface area contributed by atoms with Crippen molar-refractivity contribution in [3.8, 4) is 0 Å². The highest BCUT2D eigenvalue weighted by molar-refractivity contribution is 5.90. The first-order valence-electron chi connectivity index (χ1n) is 9.66. The van der Waals surface area contributed by atoms with Gasteiger partial charge in [-0.1, -0.05) is 0 Å². The maximum Gasteiger partial charge on any atom is 0.289 e. The molecule has 2 aromatic heterocycles. The SMILES string of the molecule is CC(C)NC(=O)c1nnc2n1CCN1CCN(C(=O)Cc3ccn(C)n3)CC21. The Morgan fingerprint density at radius 2 is 2.00 bits per heavy atom. The van der Waals surface area contributed by atoms with Crippen molar-refractivity contribution in [2.75, 3.05) is 26.2 Å². The molecule has 0 radical (unpaired) electrons. The molecule has 10 nitrogen and oxygen atoms in total. The van der Waals surface area contributed by atoms with Crippen LogP contribution in [0.15, 0.2) is 12.3 Å². The highest BCUT2D eigenvalue weighted by Crippen LogP contribution is 2.28. The Hall–Kier alpha value is -2.75. The summed E-state index contributed by atoms with van der Waals surface area (Å²) in [6.07, 6.45) is 2.14. The molecule has 0 spiro atoms. The fourth-order valence-electron chi connectivity index (χ4n) is 3.89. The Labute approximate surface area is 163 Å². The maximum atomic E-state index is 12.7. The molecule has 1 saturated heterocycles. The zero-order valence-electron chi connectivity index (χ0n) is 16.5. The van der Waals surface area contributed by atoms with Gasteiger partial charge in [0.15, 0.2) is 5.82 Å². The van der Waals surface area contributed by atoms with Crippen LogP contribution in [0.25, 0.3) is 0 Å². The molecule has 2 amide bonds. The number of nitrogens with one attached hydrogen (secondary N) is 1. The Morgan fingerprint density at radius 1 is 1.21 bits per heavy atom. The van der Waals surface area contributed by atoms with Gasteiger partial charge in [0, 0.05) is 52.0 Å². The Balaban J connectivity index is 1.50. The van der Waals surface area contributed by atoms with E-state index in [9.17, 15) is 9.59 Å². The average molecular weight is 386 g/mol. The Bertz CT molecular complexity index is 886. The first-order chi connectivity index (χ1) is 13.4. The van der Waals surface area contributed by atoms with E-state index in [1.807, 2.05) is 42.6 Å².